The van der Waals surface area contributed by atoms with Gasteiger partial charge in [0.15, 0.2) is 8.32 Å². The highest BCUT2D eigenvalue weighted by Gasteiger charge is 2.55. The minimum Gasteiger partial charge on any atom is -0.408 e. The molecule has 94 valence electrons. The summed E-state index contributed by atoms with van der Waals surface area (Å²) in [6.07, 6.45) is 14.9. The molecule has 0 saturated heterocycles. The van der Waals surface area contributed by atoms with Crippen LogP contribution in [0.4, 0.5) is 0 Å². The summed E-state index contributed by atoms with van der Waals surface area (Å²) in [6.45, 7) is 6.87. The number of rotatable bonds is 4. The zero-order valence-corrected chi connectivity index (χ0v) is 12.4. The molecule has 0 bridgehead atoms. The number of terminal acetylenes is 1. The van der Waals surface area contributed by atoms with E-state index in [4.69, 9.17) is 10.8 Å². The molecule has 1 saturated carbocycles. The minimum absolute atomic E-state index is 0.116. The maximum Gasteiger partial charge on any atom is 0.184 e. The van der Waals surface area contributed by atoms with Crippen molar-refractivity contribution in [3.8, 4) is 12.3 Å². The molecule has 2 atom stereocenters. The monoisotopic (exact) mass is 248 g/mol. The molecule has 0 N–H and O–H groups in total. The highest BCUT2D eigenvalue weighted by Crippen LogP contribution is 2.55. The van der Waals surface area contributed by atoms with Gasteiger partial charge in [-0.3, -0.25) is 0 Å². The van der Waals surface area contributed by atoms with Gasteiger partial charge in [0.1, 0.15) is 0 Å². The second-order valence-corrected chi connectivity index (χ2v) is 10.9. The summed E-state index contributed by atoms with van der Waals surface area (Å²) in [5, 5.41) is 0. The third-order valence-electron chi connectivity index (χ3n) is 3.68. The van der Waals surface area contributed by atoms with Crippen LogP contribution in [0.2, 0.25) is 19.6 Å². The summed E-state index contributed by atoms with van der Waals surface area (Å²) < 4.78 is 6.44. The third-order valence-corrected chi connectivity index (χ3v) is 4.67. The Morgan fingerprint density at radius 2 is 2.29 bits per heavy atom. The van der Waals surface area contributed by atoms with Crippen LogP contribution in [0, 0.1) is 18.3 Å². The second kappa shape index (κ2) is 4.63. The van der Waals surface area contributed by atoms with Gasteiger partial charge in [0.25, 0.3) is 0 Å². The average molecular weight is 248 g/mol. The Bertz CT molecular complexity index is 358. The molecule has 0 aliphatic heterocycles. The van der Waals surface area contributed by atoms with Gasteiger partial charge < -0.3 is 4.43 Å². The van der Waals surface area contributed by atoms with Gasteiger partial charge in [-0.05, 0) is 57.7 Å². The first-order chi connectivity index (χ1) is 7.95. The molecule has 2 aliphatic rings. The number of hydrogen-bond acceptors (Lipinski definition) is 1. The summed E-state index contributed by atoms with van der Waals surface area (Å²) in [7, 11) is -1.44. The fourth-order valence-electron chi connectivity index (χ4n) is 3.00. The van der Waals surface area contributed by atoms with Crippen LogP contribution in [0.25, 0.3) is 0 Å². The molecule has 0 aromatic carbocycles. The number of hydrogen-bond donors (Lipinski definition) is 0. The van der Waals surface area contributed by atoms with Crippen LogP contribution in [0.3, 0.4) is 0 Å². The average Bonchev–Trinajstić information content (AvgIpc) is 2.84. The molecule has 17 heavy (non-hydrogen) atoms. The Labute approximate surface area is 107 Å². The Morgan fingerprint density at radius 3 is 2.94 bits per heavy atom. The molecule has 0 aromatic heterocycles. The lowest BCUT2D eigenvalue weighted by molar-refractivity contribution is 0.201. The quantitative estimate of drug-likeness (QED) is 0.413. The van der Waals surface area contributed by atoms with Crippen molar-refractivity contribution < 1.29 is 4.43 Å². The summed E-state index contributed by atoms with van der Waals surface area (Å²) in [6, 6.07) is 0. The van der Waals surface area contributed by atoms with Crippen LogP contribution in [0.5, 0.6) is 0 Å². The Morgan fingerprint density at radius 1 is 1.53 bits per heavy atom. The Kier molecular flexibility index (Phi) is 3.52. The SMILES string of the molecule is C#CCCC1=CC2(O[Si](C)(C)C)CC2CCC1. The summed E-state index contributed by atoms with van der Waals surface area (Å²) in [4.78, 5) is 0. The van der Waals surface area contributed by atoms with Crippen molar-refractivity contribution in [1.29, 1.82) is 0 Å². The molecule has 0 radical (unpaired) electrons. The van der Waals surface area contributed by atoms with Crippen molar-refractivity contribution in [3.05, 3.63) is 11.6 Å². The third kappa shape index (κ3) is 3.24. The molecule has 0 spiro atoms. The Balaban J connectivity index is 2.09. The van der Waals surface area contributed by atoms with Gasteiger partial charge in [-0.2, -0.15) is 0 Å². The lowest BCUT2D eigenvalue weighted by Gasteiger charge is -2.25. The molecule has 0 heterocycles. The standard InChI is InChI=1S/C15H24OSi/c1-5-6-8-13-9-7-10-14-12-15(14,11-13)16-17(2,3)4/h1,11,14H,6-10,12H2,2-4H3. The fourth-order valence-corrected chi connectivity index (χ4v) is 4.45. The van der Waals surface area contributed by atoms with Crippen molar-refractivity contribution in [1.82, 2.24) is 0 Å². The minimum atomic E-state index is -1.44. The van der Waals surface area contributed by atoms with E-state index in [1.165, 1.54) is 25.7 Å². The van der Waals surface area contributed by atoms with Crippen molar-refractivity contribution in [2.75, 3.05) is 0 Å². The highest BCUT2D eigenvalue weighted by molar-refractivity contribution is 6.69. The smallest absolute Gasteiger partial charge is 0.184 e. The van der Waals surface area contributed by atoms with E-state index in [0.717, 1.165) is 18.8 Å². The molecule has 2 rings (SSSR count). The first-order valence-electron chi connectivity index (χ1n) is 6.79. The normalized spacial score (nSPS) is 32.1. The maximum atomic E-state index is 6.44. The molecule has 2 aliphatic carbocycles. The van der Waals surface area contributed by atoms with E-state index >= 15 is 0 Å². The van der Waals surface area contributed by atoms with Crippen LogP contribution in [0.15, 0.2) is 11.6 Å². The van der Waals surface area contributed by atoms with Crippen molar-refractivity contribution >= 4 is 8.32 Å². The van der Waals surface area contributed by atoms with Gasteiger partial charge in [-0.15, -0.1) is 12.3 Å². The fraction of sp³-hybridized carbons (Fsp3) is 0.733. The lowest BCUT2D eigenvalue weighted by atomic mass is 10.0. The maximum absolute atomic E-state index is 6.44. The molecule has 0 amide bonds. The summed E-state index contributed by atoms with van der Waals surface area (Å²) in [5.41, 5.74) is 1.66. The predicted molar refractivity (Wildman–Crippen MR) is 75.3 cm³/mol. The van der Waals surface area contributed by atoms with Gasteiger partial charge in [0.05, 0.1) is 5.60 Å². The van der Waals surface area contributed by atoms with Crippen LogP contribution in [-0.4, -0.2) is 13.9 Å². The van der Waals surface area contributed by atoms with Gasteiger partial charge in [-0.25, -0.2) is 0 Å². The van der Waals surface area contributed by atoms with Gasteiger partial charge in [0, 0.05) is 6.42 Å². The first kappa shape index (κ1) is 12.9. The molecule has 1 nitrogen and oxygen atoms in total. The first-order valence-corrected chi connectivity index (χ1v) is 10.2. The molecule has 2 heteroatoms. The predicted octanol–water partition coefficient (Wildman–Crippen LogP) is 4.12. The molecular weight excluding hydrogens is 224 g/mol. The van der Waals surface area contributed by atoms with Crippen LogP contribution in [-0.2, 0) is 4.43 Å². The number of allylic oxidation sites excluding steroid dienone is 1. The zero-order chi connectivity index (χ0) is 12.5. The van der Waals surface area contributed by atoms with Crippen LogP contribution >= 0.6 is 0 Å². The van der Waals surface area contributed by atoms with Crippen molar-refractivity contribution in [2.45, 2.75) is 63.8 Å². The lowest BCUT2D eigenvalue weighted by Crippen LogP contribution is -2.33. The van der Waals surface area contributed by atoms with Crippen molar-refractivity contribution in [2.24, 2.45) is 5.92 Å². The van der Waals surface area contributed by atoms with Crippen LogP contribution in [0.1, 0.15) is 38.5 Å². The highest BCUT2D eigenvalue weighted by atomic mass is 28.4. The molecule has 0 aromatic rings. The van der Waals surface area contributed by atoms with E-state index in [1.807, 2.05) is 0 Å². The molecule has 2 unspecified atom stereocenters. The zero-order valence-electron chi connectivity index (χ0n) is 11.4. The van der Waals surface area contributed by atoms with Gasteiger partial charge in [0.2, 0.25) is 0 Å². The van der Waals surface area contributed by atoms with Crippen molar-refractivity contribution in [3.63, 3.8) is 0 Å². The van der Waals surface area contributed by atoms with E-state index in [-0.39, 0.29) is 5.60 Å². The molecular formula is C15H24OSi. The largest absolute Gasteiger partial charge is 0.408 e. The molecule has 1 fully saturated rings. The van der Waals surface area contributed by atoms with Crippen LogP contribution < -0.4 is 0 Å². The van der Waals surface area contributed by atoms with E-state index in [9.17, 15) is 0 Å². The van der Waals surface area contributed by atoms with E-state index in [0.29, 0.717) is 0 Å². The van der Waals surface area contributed by atoms with E-state index in [1.54, 1.807) is 5.57 Å². The summed E-state index contributed by atoms with van der Waals surface area (Å²) >= 11 is 0. The van der Waals surface area contributed by atoms with E-state index in [2.05, 4.69) is 31.6 Å². The topological polar surface area (TPSA) is 9.23 Å². The van der Waals surface area contributed by atoms with Gasteiger partial charge in [-0.1, -0.05) is 11.6 Å². The summed E-state index contributed by atoms with van der Waals surface area (Å²) in [5.74, 6) is 3.54. The van der Waals surface area contributed by atoms with E-state index < -0.39 is 8.32 Å². The second-order valence-electron chi connectivity index (χ2n) is 6.47. The Hall–Kier alpha value is -0.523. The van der Waals surface area contributed by atoms with Gasteiger partial charge >= 0.3 is 0 Å². The number of fused-ring (bicyclic) bond motifs is 1.